The zero-order valence-corrected chi connectivity index (χ0v) is 12.0. The molecule has 2 rings (SSSR count). The predicted octanol–water partition coefficient (Wildman–Crippen LogP) is 3.01. The highest BCUT2D eigenvalue weighted by atomic mass is 35.5. The molecule has 2 nitrogen and oxygen atoms in total. The molecule has 0 radical (unpaired) electrons. The van der Waals surface area contributed by atoms with Crippen LogP contribution in [0, 0.1) is 0 Å². The largest absolute Gasteiger partial charge is 0.416 e. The van der Waals surface area contributed by atoms with Gasteiger partial charge in [-0.3, -0.25) is 0 Å². The monoisotopic (exact) mass is 316 g/mol. The molecule has 0 saturated heterocycles. The number of aryl methyl sites for hydroxylation is 1. The van der Waals surface area contributed by atoms with Crippen molar-refractivity contribution < 1.29 is 13.2 Å². The molecule has 6 heteroatoms. The third-order valence-electron chi connectivity index (χ3n) is 3.61. The molecule has 0 aromatic heterocycles. The maximum absolute atomic E-state index is 12.7. The summed E-state index contributed by atoms with van der Waals surface area (Å²) in [6, 6.07) is 6.32. The van der Waals surface area contributed by atoms with Crippen molar-refractivity contribution in [1.82, 2.24) is 0 Å². The third-order valence-corrected chi connectivity index (χ3v) is 3.80. The Morgan fingerprint density at radius 1 is 1.19 bits per heavy atom. The molecule has 0 spiro atoms. The molecule has 0 amide bonds. The summed E-state index contributed by atoms with van der Waals surface area (Å²) in [5.74, 6) is 0.504. The van der Waals surface area contributed by atoms with E-state index >= 15 is 0 Å². The minimum absolute atomic E-state index is 0.504. The predicted molar refractivity (Wildman–Crippen MR) is 78.0 cm³/mol. The molecule has 0 heterocycles. The first-order valence-electron chi connectivity index (χ1n) is 6.45. The average molecular weight is 317 g/mol. The first kappa shape index (κ1) is 16.1. The minimum Gasteiger partial charge on any atom is -0.322 e. The van der Waals surface area contributed by atoms with Gasteiger partial charge in [-0.05, 0) is 17.5 Å². The molecular weight excluding hydrogens is 301 g/mol. The summed E-state index contributed by atoms with van der Waals surface area (Å²) in [7, 11) is 0. The Labute approximate surface area is 126 Å². The van der Waals surface area contributed by atoms with E-state index in [0.29, 0.717) is 11.4 Å². The summed E-state index contributed by atoms with van der Waals surface area (Å²) in [6.45, 7) is 0. The molecular formula is C15H16ClF3N2. The second-order valence-corrected chi connectivity index (χ2v) is 5.43. The standard InChI is InChI=1S/C15H16ClF3N2/c16-8-6-10-1-3-11(4-2-10)14(21)7-5-12(9-13(14)20)15(17,18)19/h1-5,7,9,13H,6,8,20-21H2. The topological polar surface area (TPSA) is 52.0 Å². The number of allylic oxidation sites excluding steroid dienone is 2. The number of alkyl halides is 4. The first-order chi connectivity index (χ1) is 9.77. The van der Waals surface area contributed by atoms with E-state index < -0.39 is 23.3 Å². The van der Waals surface area contributed by atoms with Gasteiger partial charge in [0.1, 0.15) is 0 Å². The summed E-state index contributed by atoms with van der Waals surface area (Å²) < 4.78 is 38.0. The van der Waals surface area contributed by atoms with Gasteiger partial charge in [-0.2, -0.15) is 13.2 Å². The van der Waals surface area contributed by atoms with Gasteiger partial charge >= 0.3 is 6.18 Å². The quantitative estimate of drug-likeness (QED) is 0.842. The van der Waals surface area contributed by atoms with Crippen LogP contribution in [0.2, 0.25) is 0 Å². The van der Waals surface area contributed by atoms with Gasteiger partial charge in [0.05, 0.1) is 11.1 Å². The van der Waals surface area contributed by atoms with Crippen molar-refractivity contribution in [2.45, 2.75) is 24.2 Å². The average Bonchev–Trinajstić information content (AvgIpc) is 2.42. The van der Waals surface area contributed by atoms with Gasteiger partial charge in [0.2, 0.25) is 0 Å². The van der Waals surface area contributed by atoms with Crippen LogP contribution >= 0.6 is 11.6 Å². The highest BCUT2D eigenvalue weighted by molar-refractivity contribution is 6.17. The Kier molecular flexibility index (Phi) is 4.46. The third kappa shape index (κ3) is 3.31. The van der Waals surface area contributed by atoms with Gasteiger partial charge in [-0.15, -0.1) is 11.6 Å². The highest BCUT2D eigenvalue weighted by Crippen LogP contribution is 2.35. The molecule has 21 heavy (non-hydrogen) atoms. The number of benzene rings is 1. The van der Waals surface area contributed by atoms with Crippen LogP contribution in [0.1, 0.15) is 11.1 Å². The van der Waals surface area contributed by atoms with Crippen LogP contribution in [0.25, 0.3) is 0 Å². The lowest BCUT2D eigenvalue weighted by Gasteiger charge is -2.34. The number of nitrogens with two attached hydrogens (primary N) is 2. The van der Waals surface area contributed by atoms with E-state index in [2.05, 4.69) is 0 Å². The van der Waals surface area contributed by atoms with Gasteiger partial charge in [0, 0.05) is 11.9 Å². The lowest BCUT2D eigenvalue weighted by molar-refractivity contribution is -0.0889. The van der Waals surface area contributed by atoms with Crippen molar-refractivity contribution in [1.29, 1.82) is 0 Å². The van der Waals surface area contributed by atoms with Crippen LogP contribution in [0.3, 0.4) is 0 Å². The van der Waals surface area contributed by atoms with Crippen molar-refractivity contribution in [3.8, 4) is 0 Å². The second-order valence-electron chi connectivity index (χ2n) is 5.05. The number of hydrogen-bond donors (Lipinski definition) is 2. The first-order valence-corrected chi connectivity index (χ1v) is 6.99. The van der Waals surface area contributed by atoms with Gasteiger partial charge in [0.15, 0.2) is 0 Å². The summed E-state index contributed by atoms with van der Waals surface area (Å²) in [6.07, 6.45) is -0.432. The molecule has 0 saturated carbocycles. The fourth-order valence-electron chi connectivity index (χ4n) is 2.27. The van der Waals surface area contributed by atoms with Crippen LogP contribution in [0.15, 0.2) is 48.1 Å². The van der Waals surface area contributed by atoms with E-state index in [4.69, 9.17) is 23.1 Å². The van der Waals surface area contributed by atoms with E-state index in [-0.39, 0.29) is 0 Å². The van der Waals surface area contributed by atoms with Crippen molar-refractivity contribution in [3.05, 3.63) is 59.2 Å². The van der Waals surface area contributed by atoms with Crippen LogP contribution in [-0.4, -0.2) is 18.1 Å². The fraction of sp³-hybridized carbons (Fsp3) is 0.333. The molecule has 0 bridgehead atoms. The van der Waals surface area contributed by atoms with Gasteiger partial charge < -0.3 is 11.5 Å². The number of hydrogen-bond acceptors (Lipinski definition) is 2. The van der Waals surface area contributed by atoms with E-state index in [1.807, 2.05) is 12.1 Å². The number of halogens is 4. The Morgan fingerprint density at radius 2 is 1.81 bits per heavy atom. The molecule has 2 unspecified atom stereocenters. The maximum atomic E-state index is 12.7. The second kappa shape index (κ2) is 5.83. The highest BCUT2D eigenvalue weighted by Gasteiger charge is 2.39. The van der Waals surface area contributed by atoms with E-state index in [1.165, 1.54) is 6.08 Å². The fourth-order valence-corrected chi connectivity index (χ4v) is 2.49. The van der Waals surface area contributed by atoms with Crippen molar-refractivity contribution in [3.63, 3.8) is 0 Å². The normalized spacial score (nSPS) is 25.8. The molecule has 1 aromatic rings. The van der Waals surface area contributed by atoms with Crippen LogP contribution in [-0.2, 0) is 12.0 Å². The molecule has 1 aliphatic rings. The Hall–Kier alpha value is -1.30. The SMILES string of the molecule is NC1C=C(C(F)(F)F)C=CC1(N)c1ccc(CCCl)cc1. The molecule has 0 aliphatic heterocycles. The van der Waals surface area contributed by atoms with Crippen LogP contribution in [0.5, 0.6) is 0 Å². The van der Waals surface area contributed by atoms with Crippen LogP contribution in [0.4, 0.5) is 13.2 Å². The summed E-state index contributed by atoms with van der Waals surface area (Å²) >= 11 is 5.66. The molecule has 1 aromatic carbocycles. The molecule has 114 valence electrons. The maximum Gasteiger partial charge on any atom is 0.416 e. The van der Waals surface area contributed by atoms with Crippen molar-refractivity contribution in [2.24, 2.45) is 11.5 Å². The van der Waals surface area contributed by atoms with Gasteiger partial charge in [0.25, 0.3) is 0 Å². The zero-order chi connectivity index (χ0) is 15.7. The smallest absolute Gasteiger partial charge is 0.322 e. The van der Waals surface area contributed by atoms with Crippen LogP contribution < -0.4 is 11.5 Å². The zero-order valence-electron chi connectivity index (χ0n) is 11.2. The molecule has 1 aliphatic carbocycles. The van der Waals surface area contributed by atoms with E-state index in [0.717, 1.165) is 24.1 Å². The van der Waals surface area contributed by atoms with Crippen molar-refractivity contribution >= 4 is 11.6 Å². The Morgan fingerprint density at radius 3 is 2.29 bits per heavy atom. The molecule has 4 N–H and O–H groups in total. The Bertz CT molecular complexity index is 563. The molecule has 0 fully saturated rings. The van der Waals surface area contributed by atoms with Gasteiger partial charge in [-0.1, -0.05) is 42.5 Å². The van der Waals surface area contributed by atoms with Crippen molar-refractivity contribution in [2.75, 3.05) is 5.88 Å². The summed E-state index contributed by atoms with van der Waals surface area (Å²) in [4.78, 5) is 0. The number of rotatable bonds is 3. The Balaban J connectivity index is 2.28. The lowest BCUT2D eigenvalue weighted by atomic mass is 9.79. The van der Waals surface area contributed by atoms with E-state index in [9.17, 15) is 13.2 Å². The van der Waals surface area contributed by atoms with Gasteiger partial charge in [-0.25, -0.2) is 0 Å². The summed E-state index contributed by atoms with van der Waals surface area (Å²) in [5, 5.41) is 0. The van der Waals surface area contributed by atoms with E-state index in [1.54, 1.807) is 12.1 Å². The molecule has 2 atom stereocenters. The lowest BCUT2D eigenvalue weighted by Crippen LogP contribution is -2.51. The minimum atomic E-state index is -4.42. The summed E-state index contributed by atoms with van der Waals surface area (Å²) in [5.41, 5.74) is 11.9.